The van der Waals surface area contributed by atoms with Crippen molar-refractivity contribution in [1.82, 2.24) is 5.32 Å². The summed E-state index contributed by atoms with van der Waals surface area (Å²) in [5, 5.41) is 11.1. The molecule has 0 heterocycles. The molecule has 112 valence electrons. The number of carbonyl (C=O) groups is 2. The Morgan fingerprint density at radius 1 is 1.16 bits per heavy atom. The quantitative estimate of drug-likeness (QED) is 0.584. The number of carbonyl (C=O) groups excluding carboxylic acids is 1. The Bertz CT molecular complexity index is 391. The molecular weight excluding hydrogens is 270 g/mol. The fourth-order valence-electron chi connectivity index (χ4n) is 1.63. The molecule has 1 atom stereocenters. The monoisotopic (exact) mass is 293 g/mol. The van der Waals surface area contributed by atoms with Gasteiger partial charge in [0.1, 0.15) is 11.8 Å². The first kappa shape index (κ1) is 17.9. The van der Waals surface area contributed by atoms with Gasteiger partial charge in [0.2, 0.25) is 5.91 Å². The number of carboxylic acids is 1. The zero-order chi connectivity index (χ0) is 14.9. The van der Waals surface area contributed by atoms with Gasteiger partial charge in [-0.15, -0.1) is 0 Å². The largest absolute Gasteiger partial charge is 0.480 e. The summed E-state index contributed by atoms with van der Waals surface area (Å²) in [6, 6.07) is -1.01. The molecule has 0 aliphatic rings. The number of sulfone groups is 1. The van der Waals surface area contributed by atoms with E-state index in [9.17, 15) is 18.0 Å². The van der Waals surface area contributed by atoms with Crippen molar-refractivity contribution in [2.45, 2.75) is 52.0 Å². The van der Waals surface area contributed by atoms with E-state index in [1.807, 2.05) is 6.92 Å². The molecule has 0 aromatic carbocycles. The van der Waals surface area contributed by atoms with E-state index >= 15 is 0 Å². The maximum atomic E-state index is 11.6. The number of aliphatic carboxylic acids is 1. The van der Waals surface area contributed by atoms with Crippen molar-refractivity contribution < 1.29 is 23.1 Å². The van der Waals surface area contributed by atoms with Gasteiger partial charge in [0.15, 0.2) is 9.84 Å². The van der Waals surface area contributed by atoms with Crippen molar-refractivity contribution in [3.8, 4) is 0 Å². The summed E-state index contributed by atoms with van der Waals surface area (Å²) < 4.78 is 23.2. The summed E-state index contributed by atoms with van der Waals surface area (Å²) in [6.45, 7) is 3.76. The Hall–Kier alpha value is -1.11. The normalized spacial score (nSPS) is 12.9. The molecule has 0 saturated heterocycles. The number of carboxylic acid groups (broad SMARTS) is 1. The predicted octanol–water partition coefficient (Wildman–Crippen LogP) is 0.961. The van der Waals surface area contributed by atoms with Crippen LogP contribution >= 0.6 is 0 Å². The molecule has 0 bridgehead atoms. The van der Waals surface area contributed by atoms with E-state index in [4.69, 9.17) is 5.11 Å². The molecule has 7 heteroatoms. The Kier molecular flexibility index (Phi) is 8.38. The van der Waals surface area contributed by atoms with Crippen LogP contribution in [0.15, 0.2) is 0 Å². The van der Waals surface area contributed by atoms with E-state index in [1.165, 1.54) is 0 Å². The number of amides is 1. The van der Waals surface area contributed by atoms with Crippen LogP contribution < -0.4 is 5.32 Å². The Morgan fingerprint density at radius 3 is 2.26 bits per heavy atom. The molecule has 6 nitrogen and oxygen atoms in total. The number of nitrogens with one attached hydrogen (secondary N) is 1. The Balaban J connectivity index is 4.31. The summed E-state index contributed by atoms with van der Waals surface area (Å²) in [6.07, 6.45) is 3.12. The highest BCUT2D eigenvalue weighted by molar-refractivity contribution is 7.92. The van der Waals surface area contributed by atoms with Gasteiger partial charge < -0.3 is 10.4 Å². The minimum absolute atomic E-state index is 0.0280. The molecule has 0 saturated carbocycles. The molecule has 0 aliphatic heterocycles. The first-order valence-electron chi connectivity index (χ1n) is 6.55. The fraction of sp³-hybridized carbons (Fsp3) is 0.833. The topological polar surface area (TPSA) is 101 Å². The Labute approximate surface area is 114 Å². The van der Waals surface area contributed by atoms with Crippen molar-refractivity contribution in [3.63, 3.8) is 0 Å². The average Bonchev–Trinajstić information content (AvgIpc) is 2.27. The van der Waals surface area contributed by atoms with Crippen molar-refractivity contribution in [2.75, 3.05) is 11.5 Å². The first-order valence-corrected chi connectivity index (χ1v) is 8.37. The summed E-state index contributed by atoms with van der Waals surface area (Å²) in [5.74, 6) is -2.54. The van der Waals surface area contributed by atoms with Gasteiger partial charge in [-0.05, 0) is 12.8 Å². The van der Waals surface area contributed by atoms with Gasteiger partial charge in [-0.1, -0.05) is 33.1 Å². The van der Waals surface area contributed by atoms with E-state index < -0.39 is 33.5 Å². The average molecular weight is 293 g/mol. The summed E-state index contributed by atoms with van der Waals surface area (Å²) in [4.78, 5) is 22.4. The predicted molar refractivity (Wildman–Crippen MR) is 72.7 cm³/mol. The van der Waals surface area contributed by atoms with E-state index in [0.717, 1.165) is 12.8 Å². The van der Waals surface area contributed by atoms with Crippen LogP contribution in [0.2, 0.25) is 0 Å². The van der Waals surface area contributed by atoms with E-state index in [-0.39, 0.29) is 12.2 Å². The second kappa shape index (κ2) is 8.90. The third kappa shape index (κ3) is 8.58. The number of hydrogen-bond donors (Lipinski definition) is 2. The third-order valence-corrected chi connectivity index (χ3v) is 4.23. The van der Waals surface area contributed by atoms with Crippen LogP contribution in [0.1, 0.15) is 46.0 Å². The molecule has 19 heavy (non-hydrogen) atoms. The minimum atomic E-state index is -3.44. The van der Waals surface area contributed by atoms with Crippen LogP contribution in [0.5, 0.6) is 0 Å². The highest BCUT2D eigenvalue weighted by atomic mass is 32.2. The molecule has 1 amide bonds. The number of unbranched alkanes of at least 4 members (excludes halogenated alkanes) is 2. The van der Waals surface area contributed by atoms with E-state index in [0.29, 0.717) is 12.8 Å². The number of hydrogen-bond acceptors (Lipinski definition) is 4. The van der Waals surface area contributed by atoms with Crippen LogP contribution in [0, 0.1) is 0 Å². The Morgan fingerprint density at radius 2 is 1.79 bits per heavy atom. The fourth-order valence-corrected chi connectivity index (χ4v) is 2.90. The van der Waals surface area contributed by atoms with Crippen molar-refractivity contribution in [1.29, 1.82) is 0 Å². The maximum Gasteiger partial charge on any atom is 0.326 e. The van der Waals surface area contributed by atoms with Crippen LogP contribution in [0.4, 0.5) is 0 Å². The second-order valence-corrected chi connectivity index (χ2v) is 6.73. The third-order valence-electron chi connectivity index (χ3n) is 2.62. The van der Waals surface area contributed by atoms with Crippen molar-refractivity contribution >= 4 is 21.7 Å². The van der Waals surface area contributed by atoms with Gasteiger partial charge in [-0.25, -0.2) is 13.2 Å². The highest BCUT2D eigenvalue weighted by Gasteiger charge is 2.22. The van der Waals surface area contributed by atoms with Gasteiger partial charge >= 0.3 is 5.97 Å². The lowest BCUT2D eigenvalue weighted by Crippen LogP contribution is -2.43. The highest BCUT2D eigenvalue weighted by Crippen LogP contribution is 2.02. The maximum absolute atomic E-state index is 11.6. The summed E-state index contributed by atoms with van der Waals surface area (Å²) in [7, 11) is -3.44. The van der Waals surface area contributed by atoms with Gasteiger partial charge in [-0.2, -0.15) is 0 Å². The van der Waals surface area contributed by atoms with Crippen LogP contribution in [-0.4, -0.2) is 42.9 Å². The molecule has 0 radical (unpaired) electrons. The molecule has 0 spiro atoms. The van der Waals surface area contributed by atoms with Crippen molar-refractivity contribution in [3.05, 3.63) is 0 Å². The van der Waals surface area contributed by atoms with Gasteiger partial charge in [-0.3, -0.25) is 4.79 Å². The smallest absolute Gasteiger partial charge is 0.326 e. The molecule has 0 rings (SSSR count). The first-order chi connectivity index (χ1) is 8.82. The van der Waals surface area contributed by atoms with Gasteiger partial charge in [0.05, 0.1) is 5.75 Å². The van der Waals surface area contributed by atoms with E-state index in [2.05, 4.69) is 5.32 Å². The van der Waals surface area contributed by atoms with Gasteiger partial charge in [0, 0.05) is 0 Å². The lowest BCUT2D eigenvalue weighted by atomic mass is 10.2. The molecule has 0 fully saturated rings. The van der Waals surface area contributed by atoms with Crippen LogP contribution in [0.3, 0.4) is 0 Å². The summed E-state index contributed by atoms with van der Waals surface area (Å²) in [5.41, 5.74) is 0. The second-order valence-electron chi connectivity index (χ2n) is 4.55. The molecule has 2 N–H and O–H groups in total. The van der Waals surface area contributed by atoms with E-state index in [1.54, 1.807) is 6.92 Å². The van der Waals surface area contributed by atoms with Crippen LogP contribution in [0.25, 0.3) is 0 Å². The number of rotatable bonds is 10. The lowest BCUT2D eigenvalue weighted by molar-refractivity contribution is -0.141. The SMILES string of the molecule is CCCCCS(=O)(=O)CC(=O)NC(CCC)C(=O)O. The van der Waals surface area contributed by atoms with Gasteiger partial charge in [0.25, 0.3) is 0 Å². The summed E-state index contributed by atoms with van der Waals surface area (Å²) >= 11 is 0. The lowest BCUT2D eigenvalue weighted by Gasteiger charge is -2.13. The zero-order valence-corrected chi connectivity index (χ0v) is 12.3. The molecular formula is C12H23NO5S. The van der Waals surface area contributed by atoms with Crippen molar-refractivity contribution in [2.24, 2.45) is 0 Å². The molecule has 0 aromatic rings. The molecule has 1 unspecified atom stereocenters. The minimum Gasteiger partial charge on any atom is -0.480 e. The van der Waals surface area contributed by atoms with Crippen LogP contribution in [-0.2, 0) is 19.4 Å². The zero-order valence-electron chi connectivity index (χ0n) is 11.5. The molecule has 0 aromatic heterocycles. The molecule has 0 aliphatic carbocycles. The standard InChI is InChI=1S/C12H23NO5S/c1-3-5-6-8-19(17,18)9-11(14)13-10(7-4-2)12(15)16/h10H,3-9H2,1-2H3,(H,13,14)(H,15,16).